The Morgan fingerprint density at radius 3 is 3.00 bits per heavy atom. The SMILES string of the molecule is Cc1cccc(C(=O)N2CC(Oc3nccs3)C2)c1. The first-order valence-electron chi connectivity index (χ1n) is 6.14. The maximum Gasteiger partial charge on any atom is 0.273 e. The number of amides is 1. The van der Waals surface area contributed by atoms with Gasteiger partial charge in [0.1, 0.15) is 6.10 Å². The zero-order chi connectivity index (χ0) is 13.2. The smallest absolute Gasteiger partial charge is 0.273 e. The second kappa shape index (κ2) is 5.01. The minimum Gasteiger partial charge on any atom is -0.463 e. The third kappa shape index (κ3) is 2.61. The van der Waals surface area contributed by atoms with E-state index in [1.807, 2.05) is 36.6 Å². The number of carbonyl (C=O) groups excluding carboxylic acids is 1. The summed E-state index contributed by atoms with van der Waals surface area (Å²) in [6.07, 6.45) is 1.79. The molecule has 1 aromatic heterocycles. The minimum atomic E-state index is 0.0694. The van der Waals surface area contributed by atoms with Crippen molar-refractivity contribution in [1.82, 2.24) is 9.88 Å². The van der Waals surface area contributed by atoms with Gasteiger partial charge in [0.25, 0.3) is 11.1 Å². The van der Waals surface area contributed by atoms with Gasteiger partial charge in [-0.1, -0.05) is 29.0 Å². The third-order valence-corrected chi connectivity index (χ3v) is 3.74. The predicted molar refractivity (Wildman–Crippen MR) is 73.6 cm³/mol. The number of aryl methyl sites for hydroxylation is 1. The van der Waals surface area contributed by atoms with Crippen LogP contribution >= 0.6 is 11.3 Å². The first-order valence-corrected chi connectivity index (χ1v) is 7.02. The van der Waals surface area contributed by atoms with Gasteiger partial charge in [-0.15, -0.1) is 0 Å². The second-order valence-corrected chi connectivity index (χ2v) is 5.47. The van der Waals surface area contributed by atoms with Gasteiger partial charge in [-0.05, 0) is 19.1 Å². The van der Waals surface area contributed by atoms with Gasteiger partial charge in [0.15, 0.2) is 0 Å². The summed E-state index contributed by atoms with van der Waals surface area (Å²) in [6, 6.07) is 7.66. The van der Waals surface area contributed by atoms with Crippen molar-refractivity contribution in [3.63, 3.8) is 0 Å². The van der Waals surface area contributed by atoms with Crippen LogP contribution in [0.1, 0.15) is 15.9 Å². The Morgan fingerprint density at radius 2 is 2.32 bits per heavy atom. The van der Waals surface area contributed by atoms with Gasteiger partial charge in [-0.25, -0.2) is 4.98 Å². The molecule has 1 saturated heterocycles. The molecule has 1 fully saturated rings. The first kappa shape index (κ1) is 12.2. The molecule has 19 heavy (non-hydrogen) atoms. The maximum atomic E-state index is 12.2. The molecule has 1 aliphatic heterocycles. The molecule has 1 aromatic carbocycles. The van der Waals surface area contributed by atoms with Crippen molar-refractivity contribution in [3.05, 3.63) is 47.0 Å². The Kier molecular flexibility index (Phi) is 3.21. The van der Waals surface area contributed by atoms with Crippen LogP contribution in [0.25, 0.3) is 0 Å². The highest BCUT2D eigenvalue weighted by molar-refractivity contribution is 7.11. The summed E-state index contributed by atoms with van der Waals surface area (Å²) in [6.45, 7) is 3.25. The van der Waals surface area contributed by atoms with Crippen molar-refractivity contribution < 1.29 is 9.53 Å². The van der Waals surface area contributed by atoms with Crippen molar-refractivity contribution in [3.8, 4) is 5.19 Å². The number of thiazole rings is 1. The van der Waals surface area contributed by atoms with Gasteiger partial charge in [-0.2, -0.15) is 0 Å². The molecule has 98 valence electrons. The molecule has 2 aromatic rings. The number of ether oxygens (including phenoxy) is 1. The molecule has 1 aliphatic rings. The lowest BCUT2D eigenvalue weighted by Gasteiger charge is -2.38. The van der Waals surface area contributed by atoms with E-state index in [0.29, 0.717) is 18.3 Å². The van der Waals surface area contributed by atoms with Crippen molar-refractivity contribution in [2.45, 2.75) is 13.0 Å². The molecule has 3 rings (SSSR count). The first-order chi connectivity index (χ1) is 9.22. The number of aromatic nitrogens is 1. The molecular formula is C14H14N2O2S. The van der Waals surface area contributed by atoms with Crippen LogP contribution < -0.4 is 4.74 Å². The highest BCUT2D eigenvalue weighted by Gasteiger charge is 2.33. The van der Waals surface area contributed by atoms with Crippen molar-refractivity contribution >= 4 is 17.2 Å². The zero-order valence-electron chi connectivity index (χ0n) is 10.6. The van der Waals surface area contributed by atoms with E-state index < -0.39 is 0 Å². The molecule has 0 saturated carbocycles. The van der Waals surface area contributed by atoms with Gasteiger partial charge in [-0.3, -0.25) is 4.79 Å². The average Bonchev–Trinajstić information content (AvgIpc) is 2.85. The topological polar surface area (TPSA) is 42.4 Å². The Hall–Kier alpha value is -1.88. The van der Waals surface area contributed by atoms with E-state index >= 15 is 0 Å². The summed E-state index contributed by atoms with van der Waals surface area (Å²) in [7, 11) is 0. The number of carbonyl (C=O) groups is 1. The number of benzene rings is 1. The van der Waals surface area contributed by atoms with Gasteiger partial charge >= 0.3 is 0 Å². The van der Waals surface area contributed by atoms with Gasteiger partial charge < -0.3 is 9.64 Å². The number of rotatable bonds is 3. The average molecular weight is 274 g/mol. The molecular weight excluding hydrogens is 260 g/mol. The van der Waals surface area contributed by atoms with E-state index in [4.69, 9.17) is 4.74 Å². The highest BCUT2D eigenvalue weighted by Crippen LogP contribution is 2.21. The fourth-order valence-electron chi connectivity index (χ4n) is 2.05. The lowest BCUT2D eigenvalue weighted by molar-refractivity contribution is 0.0177. The van der Waals surface area contributed by atoms with Crippen molar-refractivity contribution in [2.24, 2.45) is 0 Å². The van der Waals surface area contributed by atoms with Crippen LogP contribution in [0.3, 0.4) is 0 Å². The van der Waals surface area contributed by atoms with Crippen LogP contribution in [0.5, 0.6) is 5.19 Å². The lowest BCUT2D eigenvalue weighted by atomic mass is 10.1. The molecule has 5 heteroatoms. The van der Waals surface area contributed by atoms with Crippen LogP contribution in [0.2, 0.25) is 0 Å². The Balaban J connectivity index is 1.57. The Bertz CT molecular complexity index is 577. The normalized spacial score (nSPS) is 15.1. The van der Waals surface area contributed by atoms with E-state index in [2.05, 4.69) is 4.98 Å². The van der Waals surface area contributed by atoms with Gasteiger partial charge in [0.05, 0.1) is 13.1 Å². The van der Waals surface area contributed by atoms with Gasteiger partial charge in [0, 0.05) is 17.1 Å². The lowest BCUT2D eigenvalue weighted by Crippen LogP contribution is -2.56. The second-order valence-electron chi connectivity index (χ2n) is 4.62. The van der Waals surface area contributed by atoms with Crippen LogP contribution in [0, 0.1) is 6.92 Å². The highest BCUT2D eigenvalue weighted by atomic mass is 32.1. The van der Waals surface area contributed by atoms with E-state index in [9.17, 15) is 4.79 Å². The molecule has 0 N–H and O–H groups in total. The summed E-state index contributed by atoms with van der Waals surface area (Å²) in [5.41, 5.74) is 1.84. The van der Waals surface area contributed by atoms with E-state index in [-0.39, 0.29) is 12.0 Å². The molecule has 1 amide bonds. The Labute approximate surface area is 115 Å². The van der Waals surface area contributed by atoms with Crippen molar-refractivity contribution in [2.75, 3.05) is 13.1 Å². The molecule has 4 nitrogen and oxygen atoms in total. The molecule has 0 atom stereocenters. The van der Waals surface area contributed by atoms with Crippen LogP contribution in [0.15, 0.2) is 35.8 Å². The minimum absolute atomic E-state index is 0.0694. The van der Waals surface area contributed by atoms with Crippen LogP contribution in [-0.4, -0.2) is 35.0 Å². The number of nitrogens with zero attached hydrogens (tertiary/aromatic N) is 2. The van der Waals surface area contributed by atoms with Crippen molar-refractivity contribution in [1.29, 1.82) is 0 Å². The summed E-state index contributed by atoms with van der Waals surface area (Å²) in [5.74, 6) is 0.0719. The molecule has 0 spiro atoms. The van der Waals surface area contributed by atoms with Crippen LogP contribution in [-0.2, 0) is 0 Å². The number of hydrogen-bond acceptors (Lipinski definition) is 4. The molecule has 0 unspecified atom stereocenters. The van der Waals surface area contributed by atoms with Gasteiger partial charge in [0.2, 0.25) is 0 Å². The van der Waals surface area contributed by atoms with E-state index in [1.165, 1.54) is 11.3 Å². The summed E-state index contributed by atoms with van der Waals surface area (Å²) < 4.78 is 5.64. The fraction of sp³-hybridized carbons (Fsp3) is 0.286. The predicted octanol–water partition coefficient (Wildman–Crippen LogP) is 2.35. The molecule has 0 radical (unpaired) electrons. The molecule has 0 bridgehead atoms. The third-order valence-electron chi connectivity index (χ3n) is 3.08. The monoisotopic (exact) mass is 274 g/mol. The molecule has 2 heterocycles. The van der Waals surface area contributed by atoms with E-state index in [1.54, 1.807) is 11.1 Å². The van der Waals surface area contributed by atoms with Crippen LogP contribution in [0.4, 0.5) is 0 Å². The summed E-state index contributed by atoms with van der Waals surface area (Å²) >= 11 is 1.47. The Morgan fingerprint density at radius 1 is 1.47 bits per heavy atom. The molecule has 0 aliphatic carbocycles. The van der Waals surface area contributed by atoms with E-state index in [0.717, 1.165) is 11.1 Å². The number of hydrogen-bond donors (Lipinski definition) is 0. The standard InChI is InChI=1S/C14H14N2O2S/c1-10-3-2-4-11(7-10)13(17)16-8-12(9-16)18-14-15-5-6-19-14/h2-7,12H,8-9H2,1H3. The maximum absolute atomic E-state index is 12.2. The number of likely N-dealkylation sites (tertiary alicyclic amines) is 1. The zero-order valence-corrected chi connectivity index (χ0v) is 11.4. The summed E-state index contributed by atoms with van der Waals surface area (Å²) in [4.78, 5) is 18.1. The summed E-state index contributed by atoms with van der Waals surface area (Å²) in [5, 5.41) is 2.55. The quantitative estimate of drug-likeness (QED) is 0.863. The fourth-order valence-corrected chi connectivity index (χ4v) is 2.60. The largest absolute Gasteiger partial charge is 0.463 e.